The largest absolute Gasteiger partial charge is 0.416 e. The lowest BCUT2D eigenvalue weighted by Crippen LogP contribution is -2.21. The normalized spacial score (nSPS) is 13.7. The lowest BCUT2D eigenvalue weighted by Gasteiger charge is -2.13. The van der Waals surface area contributed by atoms with Crippen LogP contribution in [0.3, 0.4) is 0 Å². The molecule has 0 aromatic heterocycles. The van der Waals surface area contributed by atoms with Crippen LogP contribution in [0.2, 0.25) is 0 Å². The summed E-state index contributed by atoms with van der Waals surface area (Å²) in [6.07, 6.45) is -2.82. The molecule has 1 atom stereocenters. The Balaban J connectivity index is 2.77. The Kier molecular flexibility index (Phi) is 4.40. The molecular weight excluding hydrogens is 229 g/mol. The van der Waals surface area contributed by atoms with Crippen LogP contribution >= 0.6 is 0 Å². The van der Waals surface area contributed by atoms with Crippen molar-refractivity contribution in [3.05, 3.63) is 29.3 Å². The van der Waals surface area contributed by atoms with Crippen LogP contribution in [0.4, 0.5) is 18.9 Å². The maximum absolute atomic E-state index is 12.4. The number of rotatable bonds is 4. The van der Waals surface area contributed by atoms with Crippen LogP contribution < -0.4 is 11.1 Å². The van der Waals surface area contributed by atoms with E-state index in [1.54, 1.807) is 0 Å². The Morgan fingerprint density at radius 3 is 2.47 bits per heavy atom. The van der Waals surface area contributed by atoms with Crippen molar-refractivity contribution >= 4 is 5.69 Å². The molecule has 1 aromatic carbocycles. The Bertz CT molecular complexity index is 375. The maximum atomic E-state index is 12.4. The third-order valence-corrected chi connectivity index (χ3v) is 2.81. The molecule has 0 radical (unpaired) electrons. The highest BCUT2D eigenvalue weighted by Gasteiger charge is 2.30. The smallest absolute Gasteiger partial charge is 0.398 e. The van der Waals surface area contributed by atoms with Crippen molar-refractivity contribution in [2.75, 3.05) is 12.8 Å². The summed E-state index contributed by atoms with van der Waals surface area (Å²) in [5.74, 6) is 0. The first-order valence-electron chi connectivity index (χ1n) is 5.47. The van der Waals surface area contributed by atoms with Crippen LogP contribution in [0.15, 0.2) is 18.2 Å². The SMILES string of the molecule is CNC(C)CCc1ccc(C(F)(F)F)cc1N. The zero-order valence-corrected chi connectivity index (χ0v) is 9.93. The molecule has 17 heavy (non-hydrogen) atoms. The second-order valence-electron chi connectivity index (χ2n) is 4.14. The van der Waals surface area contributed by atoms with Crippen molar-refractivity contribution in [3.8, 4) is 0 Å². The molecule has 0 aliphatic carbocycles. The number of hydrogen-bond acceptors (Lipinski definition) is 2. The van der Waals surface area contributed by atoms with E-state index in [2.05, 4.69) is 5.32 Å². The second-order valence-corrected chi connectivity index (χ2v) is 4.14. The predicted octanol–water partition coefficient (Wildman–Crippen LogP) is 2.83. The van der Waals surface area contributed by atoms with Gasteiger partial charge in [-0.2, -0.15) is 13.2 Å². The fourth-order valence-corrected chi connectivity index (χ4v) is 1.52. The van der Waals surface area contributed by atoms with Crippen LogP contribution in [0.5, 0.6) is 0 Å². The highest BCUT2D eigenvalue weighted by molar-refractivity contribution is 5.49. The lowest BCUT2D eigenvalue weighted by molar-refractivity contribution is -0.137. The molecule has 1 rings (SSSR count). The minimum Gasteiger partial charge on any atom is -0.398 e. The second kappa shape index (κ2) is 5.40. The van der Waals surface area contributed by atoms with Gasteiger partial charge in [-0.05, 0) is 44.5 Å². The van der Waals surface area contributed by atoms with Gasteiger partial charge in [0.2, 0.25) is 0 Å². The molecule has 0 amide bonds. The summed E-state index contributed by atoms with van der Waals surface area (Å²) in [6.45, 7) is 2.01. The summed E-state index contributed by atoms with van der Waals surface area (Å²) in [6, 6.07) is 3.85. The predicted molar refractivity (Wildman–Crippen MR) is 62.7 cm³/mol. The lowest BCUT2D eigenvalue weighted by atomic mass is 10.0. The van der Waals surface area contributed by atoms with Gasteiger partial charge in [-0.25, -0.2) is 0 Å². The van der Waals surface area contributed by atoms with Gasteiger partial charge in [-0.3, -0.25) is 0 Å². The number of halogens is 3. The van der Waals surface area contributed by atoms with Gasteiger partial charge in [-0.15, -0.1) is 0 Å². The minimum absolute atomic E-state index is 0.211. The van der Waals surface area contributed by atoms with E-state index in [9.17, 15) is 13.2 Å². The molecule has 0 fully saturated rings. The minimum atomic E-state index is -4.33. The van der Waals surface area contributed by atoms with E-state index in [1.807, 2.05) is 14.0 Å². The topological polar surface area (TPSA) is 38.0 Å². The van der Waals surface area contributed by atoms with E-state index < -0.39 is 11.7 Å². The highest BCUT2D eigenvalue weighted by atomic mass is 19.4. The summed E-state index contributed by atoms with van der Waals surface area (Å²) in [7, 11) is 1.85. The first-order valence-corrected chi connectivity index (χ1v) is 5.47. The number of benzene rings is 1. The molecule has 5 heteroatoms. The van der Waals surface area contributed by atoms with Gasteiger partial charge in [-0.1, -0.05) is 6.07 Å². The molecule has 0 saturated carbocycles. The van der Waals surface area contributed by atoms with E-state index >= 15 is 0 Å². The Hall–Kier alpha value is -1.23. The average molecular weight is 246 g/mol. The van der Waals surface area contributed by atoms with Crippen LogP contribution in [0.1, 0.15) is 24.5 Å². The van der Waals surface area contributed by atoms with Crippen molar-refractivity contribution in [1.82, 2.24) is 5.32 Å². The van der Waals surface area contributed by atoms with Gasteiger partial charge in [0.15, 0.2) is 0 Å². The quantitative estimate of drug-likeness (QED) is 0.802. The van der Waals surface area contributed by atoms with Crippen LogP contribution in [0, 0.1) is 0 Å². The number of hydrogen-bond donors (Lipinski definition) is 2. The molecule has 3 N–H and O–H groups in total. The van der Waals surface area contributed by atoms with Gasteiger partial charge in [0.25, 0.3) is 0 Å². The number of alkyl halides is 3. The van der Waals surface area contributed by atoms with E-state index in [0.29, 0.717) is 12.5 Å². The number of nitrogen functional groups attached to an aromatic ring is 1. The molecular formula is C12H17F3N2. The van der Waals surface area contributed by atoms with Gasteiger partial charge >= 0.3 is 6.18 Å². The average Bonchev–Trinajstić information content (AvgIpc) is 2.25. The summed E-state index contributed by atoms with van der Waals surface area (Å²) in [5.41, 5.74) is 5.91. The van der Waals surface area contributed by atoms with Crippen molar-refractivity contribution < 1.29 is 13.2 Å². The maximum Gasteiger partial charge on any atom is 0.416 e. The first kappa shape index (κ1) is 13.8. The van der Waals surface area contributed by atoms with E-state index in [0.717, 1.165) is 24.1 Å². The number of aryl methyl sites for hydroxylation is 1. The molecule has 0 spiro atoms. The number of anilines is 1. The molecule has 0 heterocycles. The van der Waals surface area contributed by atoms with Crippen LogP contribution in [0.25, 0.3) is 0 Å². The van der Waals surface area contributed by atoms with E-state index in [1.165, 1.54) is 6.07 Å². The summed E-state index contributed by atoms with van der Waals surface area (Å²) < 4.78 is 37.2. The van der Waals surface area contributed by atoms with E-state index in [-0.39, 0.29) is 5.69 Å². The summed E-state index contributed by atoms with van der Waals surface area (Å²) in [4.78, 5) is 0. The molecule has 2 nitrogen and oxygen atoms in total. The third-order valence-electron chi connectivity index (χ3n) is 2.81. The van der Waals surface area contributed by atoms with Crippen molar-refractivity contribution in [2.45, 2.75) is 32.0 Å². The number of nitrogens with one attached hydrogen (secondary N) is 1. The molecule has 1 unspecified atom stereocenters. The molecule has 1 aromatic rings. The fraction of sp³-hybridized carbons (Fsp3) is 0.500. The molecule has 0 aliphatic rings. The van der Waals surface area contributed by atoms with Crippen LogP contribution in [-0.2, 0) is 12.6 Å². The Morgan fingerprint density at radius 1 is 1.35 bits per heavy atom. The van der Waals surface area contributed by atoms with Crippen molar-refractivity contribution in [2.24, 2.45) is 0 Å². The zero-order valence-electron chi connectivity index (χ0n) is 9.93. The van der Waals surface area contributed by atoms with Crippen LogP contribution in [-0.4, -0.2) is 13.1 Å². The zero-order chi connectivity index (χ0) is 13.1. The van der Waals surface area contributed by atoms with Gasteiger partial charge in [0.05, 0.1) is 5.56 Å². The molecule has 96 valence electrons. The standard InChI is InChI=1S/C12H17F3N2/c1-8(17-2)3-4-9-5-6-10(7-11(9)16)12(13,14)15/h5-8,17H,3-4,16H2,1-2H3. The molecule has 0 bridgehead atoms. The first-order chi connectivity index (χ1) is 7.84. The van der Waals surface area contributed by atoms with Gasteiger partial charge in [0, 0.05) is 11.7 Å². The summed E-state index contributed by atoms with van der Waals surface area (Å²) in [5, 5.41) is 3.07. The third kappa shape index (κ3) is 3.93. The van der Waals surface area contributed by atoms with E-state index in [4.69, 9.17) is 5.73 Å². The van der Waals surface area contributed by atoms with Gasteiger partial charge in [0.1, 0.15) is 0 Å². The molecule has 0 saturated heterocycles. The Labute approximate surface area is 99.0 Å². The Morgan fingerprint density at radius 2 is 2.00 bits per heavy atom. The monoisotopic (exact) mass is 246 g/mol. The summed E-state index contributed by atoms with van der Waals surface area (Å²) >= 11 is 0. The number of nitrogens with two attached hydrogens (primary N) is 1. The van der Waals surface area contributed by atoms with Crippen molar-refractivity contribution in [3.63, 3.8) is 0 Å². The van der Waals surface area contributed by atoms with Crippen molar-refractivity contribution in [1.29, 1.82) is 0 Å². The molecule has 0 aliphatic heterocycles. The van der Waals surface area contributed by atoms with Gasteiger partial charge < -0.3 is 11.1 Å². The fourth-order valence-electron chi connectivity index (χ4n) is 1.52. The highest BCUT2D eigenvalue weighted by Crippen LogP contribution is 2.31.